The lowest BCUT2D eigenvalue weighted by atomic mass is 10.2. The molecule has 0 radical (unpaired) electrons. The van der Waals surface area contributed by atoms with Crippen LogP contribution in [0.15, 0.2) is 24.3 Å². The quantitative estimate of drug-likeness (QED) is 0.418. The van der Waals surface area contributed by atoms with Gasteiger partial charge in [0, 0.05) is 17.8 Å². The zero-order chi connectivity index (χ0) is 8.48. The van der Waals surface area contributed by atoms with E-state index in [1.54, 1.807) is 0 Å². The lowest BCUT2D eigenvalue weighted by Gasteiger charge is -2.23. The molecule has 1 aromatic carbocycles. The Morgan fingerprint density at radius 3 is 1.75 bits per heavy atom. The summed E-state index contributed by atoms with van der Waals surface area (Å²) in [5, 5.41) is 0. The van der Waals surface area contributed by atoms with Crippen LogP contribution in [-0.4, -0.2) is 21.1 Å². The summed E-state index contributed by atoms with van der Waals surface area (Å²) in [5.41, 5.74) is 7.65. The van der Waals surface area contributed by atoms with Crippen LogP contribution in [0.25, 0.3) is 0 Å². The maximum absolute atomic E-state index is 5.56. The number of anilines is 1. The van der Waals surface area contributed by atoms with E-state index in [1.165, 1.54) is 5.69 Å². The van der Waals surface area contributed by atoms with Crippen LogP contribution >= 0.6 is 0 Å². The molecule has 3 heteroatoms. The SMILES string of the molecule is C[N+](C)(C)c1ccc(N)cc1.[Cl-]. The Labute approximate surface area is 80.0 Å². The van der Waals surface area contributed by atoms with Crippen LogP contribution in [-0.2, 0) is 0 Å². The number of halogens is 1. The highest BCUT2D eigenvalue weighted by molar-refractivity contribution is 5.49. The van der Waals surface area contributed by atoms with Crippen molar-refractivity contribution in [1.82, 2.24) is 4.48 Å². The highest BCUT2D eigenvalue weighted by atomic mass is 35.5. The zero-order valence-electron chi connectivity index (χ0n) is 7.71. The fraction of sp³-hybridized carbons (Fsp3) is 0.333. The lowest BCUT2D eigenvalue weighted by Crippen LogP contribution is -3.00. The highest BCUT2D eigenvalue weighted by Gasteiger charge is 2.09. The Morgan fingerprint density at radius 2 is 1.42 bits per heavy atom. The fourth-order valence-electron chi connectivity index (χ4n) is 0.922. The van der Waals surface area contributed by atoms with Crippen LogP contribution in [0.1, 0.15) is 0 Å². The molecule has 0 aliphatic carbocycles. The zero-order valence-corrected chi connectivity index (χ0v) is 8.47. The van der Waals surface area contributed by atoms with E-state index in [1.807, 2.05) is 12.1 Å². The third-order valence-corrected chi connectivity index (χ3v) is 1.67. The molecule has 0 saturated heterocycles. The summed E-state index contributed by atoms with van der Waals surface area (Å²) in [7, 11) is 6.39. The first-order chi connectivity index (χ1) is 5.00. The van der Waals surface area contributed by atoms with E-state index in [0.29, 0.717) is 0 Å². The first-order valence-electron chi connectivity index (χ1n) is 3.68. The molecule has 12 heavy (non-hydrogen) atoms. The molecule has 2 N–H and O–H groups in total. The van der Waals surface area contributed by atoms with E-state index < -0.39 is 0 Å². The Kier molecular flexibility index (Phi) is 3.55. The predicted octanol–water partition coefficient (Wildman–Crippen LogP) is -1.53. The molecule has 0 atom stereocenters. The molecule has 2 nitrogen and oxygen atoms in total. The maximum atomic E-state index is 5.56. The smallest absolute Gasteiger partial charge is 0.132 e. The van der Waals surface area contributed by atoms with Gasteiger partial charge < -0.3 is 18.1 Å². The standard InChI is InChI=1S/C9H15N2.ClH/c1-11(2,3)9-6-4-8(10)5-7-9;/h4-7H,10H2,1-3H3;1H/q+1;/p-1. The lowest BCUT2D eigenvalue weighted by molar-refractivity contribution is -0.00000260. The Morgan fingerprint density at radius 1 is 1.00 bits per heavy atom. The number of hydrogen-bond acceptors (Lipinski definition) is 1. The van der Waals surface area contributed by atoms with Gasteiger partial charge in [0.05, 0.1) is 21.1 Å². The second-order valence-corrected chi connectivity index (χ2v) is 3.60. The Balaban J connectivity index is 0.00000121. The number of nitrogens with zero attached hydrogens (tertiary/aromatic N) is 1. The van der Waals surface area contributed by atoms with Gasteiger partial charge in [-0.05, 0) is 12.1 Å². The molecule has 0 amide bonds. The van der Waals surface area contributed by atoms with Gasteiger partial charge in [0.25, 0.3) is 0 Å². The molecule has 0 saturated carbocycles. The van der Waals surface area contributed by atoms with Crippen molar-refractivity contribution in [2.24, 2.45) is 0 Å². The number of hydrogen-bond donors (Lipinski definition) is 1. The summed E-state index contributed by atoms with van der Waals surface area (Å²) in [4.78, 5) is 0. The van der Waals surface area contributed by atoms with Crippen LogP contribution in [0.2, 0.25) is 0 Å². The minimum atomic E-state index is 0. The van der Waals surface area contributed by atoms with Crippen molar-refractivity contribution in [1.29, 1.82) is 0 Å². The van der Waals surface area contributed by atoms with E-state index in [2.05, 4.69) is 33.3 Å². The van der Waals surface area contributed by atoms with Crippen molar-refractivity contribution in [3.05, 3.63) is 24.3 Å². The van der Waals surface area contributed by atoms with E-state index in [0.717, 1.165) is 10.2 Å². The first kappa shape index (κ1) is 11.3. The normalized spacial score (nSPS) is 10.6. The molecular formula is C9H15ClN2. The van der Waals surface area contributed by atoms with Crippen LogP contribution in [0.3, 0.4) is 0 Å². The molecule has 1 aromatic rings. The first-order valence-corrected chi connectivity index (χ1v) is 3.68. The van der Waals surface area contributed by atoms with Crippen LogP contribution in [0.4, 0.5) is 11.4 Å². The summed E-state index contributed by atoms with van der Waals surface area (Å²) < 4.78 is 0.834. The van der Waals surface area contributed by atoms with Crippen LogP contribution < -0.4 is 22.6 Å². The topological polar surface area (TPSA) is 26.0 Å². The molecule has 68 valence electrons. The van der Waals surface area contributed by atoms with Gasteiger partial charge in [0.15, 0.2) is 0 Å². The van der Waals surface area contributed by atoms with Crippen molar-refractivity contribution in [2.45, 2.75) is 0 Å². The van der Waals surface area contributed by atoms with Crippen molar-refractivity contribution < 1.29 is 12.4 Å². The van der Waals surface area contributed by atoms with Gasteiger partial charge in [-0.2, -0.15) is 0 Å². The Hall–Kier alpha value is -0.730. The molecule has 0 aliphatic heterocycles. The molecule has 0 fully saturated rings. The number of quaternary nitrogens is 1. The molecule has 0 bridgehead atoms. The number of benzene rings is 1. The van der Waals surface area contributed by atoms with Gasteiger partial charge in [-0.1, -0.05) is 0 Å². The molecule has 0 unspecified atom stereocenters. The van der Waals surface area contributed by atoms with E-state index in [9.17, 15) is 0 Å². The maximum Gasteiger partial charge on any atom is 0.132 e. The molecule has 0 heterocycles. The monoisotopic (exact) mass is 186 g/mol. The van der Waals surface area contributed by atoms with Gasteiger partial charge in [0.1, 0.15) is 5.69 Å². The Bertz CT molecular complexity index is 236. The highest BCUT2D eigenvalue weighted by Crippen LogP contribution is 2.17. The summed E-state index contributed by atoms with van der Waals surface area (Å²) in [6.07, 6.45) is 0. The fourth-order valence-corrected chi connectivity index (χ4v) is 0.922. The number of nitrogens with two attached hydrogens (primary N) is 1. The number of nitrogen functional groups attached to an aromatic ring is 1. The minimum Gasteiger partial charge on any atom is -1.00 e. The van der Waals surface area contributed by atoms with Crippen LogP contribution in [0, 0.1) is 0 Å². The van der Waals surface area contributed by atoms with Gasteiger partial charge in [-0.3, -0.25) is 4.48 Å². The summed E-state index contributed by atoms with van der Waals surface area (Å²) in [5.74, 6) is 0. The van der Waals surface area contributed by atoms with Crippen molar-refractivity contribution in [3.63, 3.8) is 0 Å². The molecule has 0 aromatic heterocycles. The van der Waals surface area contributed by atoms with Gasteiger partial charge in [-0.15, -0.1) is 0 Å². The van der Waals surface area contributed by atoms with Crippen molar-refractivity contribution in [2.75, 3.05) is 26.9 Å². The van der Waals surface area contributed by atoms with Gasteiger partial charge in [0.2, 0.25) is 0 Å². The van der Waals surface area contributed by atoms with E-state index in [4.69, 9.17) is 5.73 Å². The van der Waals surface area contributed by atoms with Gasteiger partial charge >= 0.3 is 0 Å². The average molecular weight is 187 g/mol. The van der Waals surface area contributed by atoms with E-state index in [-0.39, 0.29) is 12.4 Å². The molecular weight excluding hydrogens is 172 g/mol. The third-order valence-electron chi connectivity index (χ3n) is 1.67. The van der Waals surface area contributed by atoms with E-state index >= 15 is 0 Å². The summed E-state index contributed by atoms with van der Waals surface area (Å²) in [6.45, 7) is 0. The molecule has 1 rings (SSSR count). The third kappa shape index (κ3) is 2.72. The molecule has 0 aliphatic rings. The summed E-state index contributed by atoms with van der Waals surface area (Å²) in [6, 6.07) is 7.96. The average Bonchev–Trinajstić information content (AvgIpc) is 1.86. The van der Waals surface area contributed by atoms with Crippen molar-refractivity contribution >= 4 is 11.4 Å². The second kappa shape index (κ2) is 3.78. The van der Waals surface area contributed by atoms with Crippen molar-refractivity contribution in [3.8, 4) is 0 Å². The number of rotatable bonds is 1. The minimum absolute atomic E-state index is 0. The largest absolute Gasteiger partial charge is 1.00 e. The van der Waals surface area contributed by atoms with Crippen LogP contribution in [0.5, 0.6) is 0 Å². The molecule has 0 spiro atoms. The van der Waals surface area contributed by atoms with Gasteiger partial charge in [-0.25, -0.2) is 0 Å². The predicted molar refractivity (Wildman–Crippen MR) is 50.4 cm³/mol. The summed E-state index contributed by atoms with van der Waals surface area (Å²) >= 11 is 0. The second-order valence-electron chi connectivity index (χ2n) is 3.60.